The highest BCUT2D eigenvalue weighted by molar-refractivity contribution is 5.90. The second kappa shape index (κ2) is 7.00. The quantitative estimate of drug-likeness (QED) is 0.714. The fourth-order valence-electron chi connectivity index (χ4n) is 5.13. The van der Waals surface area contributed by atoms with Gasteiger partial charge in [0.2, 0.25) is 5.95 Å². The minimum atomic E-state index is 0.0270. The number of aryl methyl sites for hydroxylation is 2. The van der Waals surface area contributed by atoms with Crippen LogP contribution < -0.4 is 20.1 Å². The molecule has 2 aliphatic rings. The lowest BCUT2D eigenvalue weighted by molar-refractivity contribution is 0.333. The molecule has 2 N–H and O–H groups in total. The van der Waals surface area contributed by atoms with Gasteiger partial charge in [0.1, 0.15) is 22.8 Å². The van der Waals surface area contributed by atoms with Crippen molar-refractivity contribution in [2.24, 2.45) is 0 Å². The molecule has 1 aromatic carbocycles. The van der Waals surface area contributed by atoms with E-state index >= 15 is 0 Å². The van der Waals surface area contributed by atoms with E-state index in [2.05, 4.69) is 27.9 Å². The normalized spacial score (nSPS) is 20.6. The number of methoxy groups -OCH3 is 2. The lowest BCUT2D eigenvalue weighted by atomic mass is 9.77. The van der Waals surface area contributed by atoms with Gasteiger partial charge in [0.15, 0.2) is 0 Å². The molecule has 1 spiro atoms. The molecule has 7 nitrogen and oxygen atoms in total. The number of rotatable bonds is 3. The summed E-state index contributed by atoms with van der Waals surface area (Å²) in [4.78, 5) is 16.3. The van der Waals surface area contributed by atoms with E-state index in [4.69, 9.17) is 20.2 Å². The highest BCUT2D eigenvalue weighted by atomic mass is 16.5. The lowest BCUT2D eigenvalue weighted by Gasteiger charge is -2.41. The van der Waals surface area contributed by atoms with E-state index in [9.17, 15) is 0 Å². The summed E-state index contributed by atoms with van der Waals surface area (Å²) >= 11 is 0. The Morgan fingerprint density at radius 1 is 1.10 bits per heavy atom. The number of anilines is 2. The lowest BCUT2D eigenvalue weighted by Crippen LogP contribution is -2.46. The number of aromatic nitrogens is 3. The van der Waals surface area contributed by atoms with Crippen LogP contribution >= 0.6 is 0 Å². The van der Waals surface area contributed by atoms with Crippen molar-refractivity contribution < 1.29 is 9.47 Å². The van der Waals surface area contributed by atoms with Crippen molar-refractivity contribution in [3.63, 3.8) is 0 Å². The zero-order valence-corrected chi connectivity index (χ0v) is 17.7. The summed E-state index contributed by atoms with van der Waals surface area (Å²) < 4.78 is 11.1. The molecule has 1 aliphatic heterocycles. The van der Waals surface area contributed by atoms with Gasteiger partial charge in [-0.25, -0.2) is 15.0 Å². The minimum Gasteiger partial charge on any atom is -0.497 e. The molecular formula is C23H27N5O2. The molecular weight excluding hydrogens is 378 g/mol. The average Bonchev–Trinajstić information content (AvgIpc) is 3.10. The van der Waals surface area contributed by atoms with Gasteiger partial charge >= 0.3 is 0 Å². The van der Waals surface area contributed by atoms with E-state index in [1.54, 1.807) is 14.2 Å². The number of pyridine rings is 1. The van der Waals surface area contributed by atoms with Crippen LogP contribution in [0.4, 0.5) is 11.8 Å². The van der Waals surface area contributed by atoms with E-state index in [1.807, 2.05) is 18.3 Å². The number of nitrogens with zero attached hydrogens (tertiary/aromatic N) is 4. The minimum absolute atomic E-state index is 0.0270. The molecule has 3 aromatic rings. The molecule has 1 fully saturated rings. The Balaban J connectivity index is 1.56. The van der Waals surface area contributed by atoms with Crippen LogP contribution in [0.15, 0.2) is 24.4 Å². The summed E-state index contributed by atoms with van der Waals surface area (Å²) in [6.07, 6.45) is 6.23. The van der Waals surface area contributed by atoms with Crippen LogP contribution in [0, 0.1) is 6.92 Å². The number of nitrogens with two attached hydrogens (primary N) is 1. The SMILES string of the molecule is COc1cc(OC)c2nc(N3CCCC4(CCc5cnc(N)nc54)C3)cc(C)c2c1. The summed E-state index contributed by atoms with van der Waals surface area (Å²) in [5, 5.41) is 1.05. The molecule has 0 bridgehead atoms. The number of piperidine rings is 1. The highest BCUT2D eigenvalue weighted by Gasteiger charge is 2.44. The maximum absolute atomic E-state index is 5.93. The molecule has 1 atom stereocenters. The number of hydrogen-bond acceptors (Lipinski definition) is 7. The van der Waals surface area contributed by atoms with Crippen molar-refractivity contribution >= 4 is 22.7 Å². The fourth-order valence-corrected chi connectivity index (χ4v) is 5.13. The third-order valence-corrected chi connectivity index (χ3v) is 6.66. The van der Waals surface area contributed by atoms with E-state index in [-0.39, 0.29) is 5.41 Å². The molecule has 5 rings (SSSR count). The zero-order valence-electron chi connectivity index (χ0n) is 17.7. The molecule has 1 aliphatic carbocycles. The second-order valence-corrected chi connectivity index (χ2v) is 8.43. The highest BCUT2D eigenvalue weighted by Crippen LogP contribution is 2.45. The molecule has 0 saturated carbocycles. The molecule has 0 amide bonds. The van der Waals surface area contributed by atoms with Crippen molar-refractivity contribution in [2.45, 2.75) is 38.0 Å². The van der Waals surface area contributed by atoms with Gasteiger partial charge in [-0.2, -0.15) is 0 Å². The van der Waals surface area contributed by atoms with E-state index < -0.39 is 0 Å². The van der Waals surface area contributed by atoms with Crippen LogP contribution in [0.1, 0.15) is 36.1 Å². The monoisotopic (exact) mass is 405 g/mol. The Bertz CT molecular complexity index is 1130. The van der Waals surface area contributed by atoms with E-state index in [0.717, 1.165) is 78.2 Å². The number of hydrogen-bond donors (Lipinski definition) is 1. The van der Waals surface area contributed by atoms with E-state index in [1.165, 1.54) is 5.56 Å². The maximum Gasteiger partial charge on any atom is 0.220 e. The average molecular weight is 406 g/mol. The molecule has 1 saturated heterocycles. The molecule has 2 aromatic heterocycles. The van der Waals surface area contributed by atoms with Gasteiger partial charge in [-0.15, -0.1) is 0 Å². The fraction of sp³-hybridized carbons (Fsp3) is 0.435. The first kappa shape index (κ1) is 18.9. The number of ether oxygens (including phenoxy) is 2. The predicted octanol–water partition coefficient (Wildman–Crippen LogP) is 3.42. The third-order valence-electron chi connectivity index (χ3n) is 6.66. The third kappa shape index (κ3) is 2.91. The van der Waals surface area contributed by atoms with E-state index in [0.29, 0.717) is 5.95 Å². The summed E-state index contributed by atoms with van der Waals surface area (Å²) in [6.45, 7) is 3.99. The van der Waals surface area contributed by atoms with Crippen molar-refractivity contribution in [2.75, 3.05) is 37.9 Å². The van der Waals surface area contributed by atoms with Crippen molar-refractivity contribution in [3.8, 4) is 11.5 Å². The van der Waals surface area contributed by atoms with Gasteiger partial charge in [-0.05, 0) is 55.9 Å². The Kier molecular flexibility index (Phi) is 4.41. The van der Waals surface area contributed by atoms with Gasteiger partial charge in [0.25, 0.3) is 0 Å². The van der Waals surface area contributed by atoms with Gasteiger partial charge in [-0.1, -0.05) is 0 Å². The first-order valence-electron chi connectivity index (χ1n) is 10.4. The largest absolute Gasteiger partial charge is 0.497 e. The molecule has 7 heteroatoms. The number of nitrogen functional groups attached to an aromatic ring is 1. The number of fused-ring (bicyclic) bond motifs is 3. The predicted molar refractivity (Wildman–Crippen MR) is 117 cm³/mol. The molecule has 30 heavy (non-hydrogen) atoms. The summed E-state index contributed by atoms with van der Waals surface area (Å²) in [6, 6.07) is 6.09. The van der Waals surface area contributed by atoms with Gasteiger partial charge < -0.3 is 20.1 Å². The topological polar surface area (TPSA) is 86.4 Å². The Labute approximate surface area is 176 Å². The van der Waals surface area contributed by atoms with Crippen LogP contribution in [-0.4, -0.2) is 42.3 Å². The second-order valence-electron chi connectivity index (χ2n) is 8.43. The van der Waals surface area contributed by atoms with Gasteiger partial charge in [-0.3, -0.25) is 0 Å². The Hall–Kier alpha value is -3.09. The Morgan fingerprint density at radius 3 is 2.77 bits per heavy atom. The van der Waals surface area contributed by atoms with Crippen molar-refractivity contribution in [1.29, 1.82) is 0 Å². The van der Waals surface area contributed by atoms with Crippen LogP contribution in [0.3, 0.4) is 0 Å². The van der Waals surface area contributed by atoms with Crippen LogP contribution in [-0.2, 0) is 11.8 Å². The van der Waals surface area contributed by atoms with Crippen LogP contribution in [0.5, 0.6) is 11.5 Å². The maximum atomic E-state index is 5.93. The van der Waals surface area contributed by atoms with Gasteiger partial charge in [0, 0.05) is 36.2 Å². The first-order chi connectivity index (χ1) is 14.5. The molecule has 156 valence electrons. The summed E-state index contributed by atoms with van der Waals surface area (Å²) in [5.74, 6) is 2.85. The van der Waals surface area contributed by atoms with Gasteiger partial charge in [0.05, 0.1) is 19.9 Å². The van der Waals surface area contributed by atoms with Crippen LogP contribution in [0.2, 0.25) is 0 Å². The zero-order chi connectivity index (χ0) is 20.9. The summed E-state index contributed by atoms with van der Waals surface area (Å²) in [5.41, 5.74) is 10.4. The standard InChI is InChI=1S/C23H27N5O2/c1-14-9-19(26-20-17(14)10-16(29-2)11-18(20)30-3)28-8-4-6-23(13-28)7-5-15-12-25-22(24)27-21(15)23/h9-12H,4-8,13H2,1-3H3,(H2,24,25,27). The smallest absolute Gasteiger partial charge is 0.220 e. The summed E-state index contributed by atoms with van der Waals surface area (Å²) in [7, 11) is 3.34. The number of benzene rings is 1. The van der Waals surface area contributed by atoms with Crippen molar-refractivity contribution in [1.82, 2.24) is 15.0 Å². The molecule has 3 heterocycles. The Morgan fingerprint density at radius 2 is 1.97 bits per heavy atom. The van der Waals surface area contributed by atoms with Crippen LogP contribution in [0.25, 0.3) is 10.9 Å². The first-order valence-corrected chi connectivity index (χ1v) is 10.4. The molecule has 0 radical (unpaired) electrons. The molecule has 1 unspecified atom stereocenters. The van der Waals surface area contributed by atoms with Crippen molar-refractivity contribution in [3.05, 3.63) is 41.2 Å².